The molecule has 5 heteroatoms. The van der Waals surface area contributed by atoms with Crippen LogP contribution >= 0.6 is 15.9 Å². The second-order valence-corrected chi connectivity index (χ2v) is 5.97. The van der Waals surface area contributed by atoms with Crippen molar-refractivity contribution in [2.75, 3.05) is 19.0 Å². The molecule has 1 unspecified atom stereocenters. The SMILES string of the molecule is COc1cc(Br)cc(NC(=O)C2(C)CCCCN2)c1. The molecule has 2 N–H and O–H groups in total. The third-order valence-corrected chi connectivity index (χ3v) is 3.94. The van der Waals surface area contributed by atoms with E-state index in [4.69, 9.17) is 4.74 Å². The number of nitrogens with one attached hydrogen (secondary N) is 2. The van der Waals surface area contributed by atoms with Gasteiger partial charge in [0.25, 0.3) is 0 Å². The lowest BCUT2D eigenvalue weighted by Crippen LogP contribution is -2.54. The van der Waals surface area contributed by atoms with Crippen molar-refractivity contribution in [1.82, 2.24) is 5.32 Å². The molecule has 19 heavy (non-hydrogen) atoms. The van der Waals surface area contributed by atoms with Crippen LogP contribution in [-0.4, -0.2) is 25.1 Å². The molecule has 1 saturated heterocycles. The van der Waals surface area contributed by atoms with Crippen molar-refractivity contribution in [1.29, 1.82) is 0 Å². The highest BCUT2D eigenvalue weighted by Crippen LogP contribution is 2.26. The van der Waals surface area contributed by atoms with E-state index >= 15 is 0 Å². The first-order chi connectivity index (χ1) is 9.03. The molecule has 1 aromatic carbocycles. The van der Waals surface area contributed by atoms with Gasteiger partial charge in [0.05, 0.1) is 12.6 Å². The first kappa shape index (κ1) is 14.3. The quantitative estimate of drug-likeness (QED) is 0.897. The zero-order valence-electron chi connectivity index (χ0n) is 11.3. The summed E-state index contributed by atoms with van der Waals surface area (Å²) >= 11 is 3.41. The fourth-order valence-corrected chi connectivity index (χ4v) is 2.74. The summed E-state index contributed by atoms with van der Waals surface area (Å²) in [7, 11) is 1.61. The maximum atomic E-state index is 12.4. The molecule has 1 aliphatic heterocycles. The van der Waals surface area contributed by atoms with E-state index in [-0.39, 0.29) is 5.91 Å². The van der Waals surface area contributed by atoms with E-state index in [9.17, 15) is 4.79 Å². The van der Waals surface area contributed by atoms with E-state index in [1.165, 1.54) is 0 Å². The van der Waals surface area contributed by atoms with Crippen molar-refractivity contribution in [2.45, 2.75) is 31.7 Å². The molecule has 1 amide bonds. The second-order valence-electron chi connectivity index (χ2n) is 5.05. The fraction of sp³-hybridized carbons (Fsp3) is 0.500. The molecule has 1 aliphatic rings. The Balaban J connectivity index is 2.12. The zero-order chi connectivity index (χ0) is 13.9. The molecule has 0 bridgehead atoms. The van der Waals surface area contributed by atoms with Crippen LogP contribution in [0.1, 0.15) is 26.2 Å². The molecule has 1 heterocycles. The number of carbonyl (C=O) groups excluding carboxylic acids is 1. The molecule has 4 nitrogen and oxygen atoms in total. The molecule has 2 rings (SSSR count). The van der Waals surface area contributed by atoms with Crippen LogP contribution in [0, 0.1) is 0 Å². The molecule has 0 aromatic heterocycles. The third kappa shape index (κ3) is 3.48. The number of rotatable bonds is 3. The number of ether oxygens (including phenoxy) is 1. The smallest absolute Gasteiger partial charge is 0.244 e. The molecular formula is C14H19BrN2O2. The normalized spacial score (nSPS) is 22.9. The van der Waals surface area contributed by atoms with Crippen LogP contribution in [0.5, 0.6) is 5.75 Å². The van der Waals surface area contributed by atoms with Gasteiger partial charge in [-0.3, -0.25) is 4.79 Å². The maximum Gasteiger partial charge on any atom is 0.244 e. The van der Waals surface area contributed by atoms with Crippen molar-refractivity contribution in [2.24, 2.45) is 0 Å². The zero-order valence-corrected chi connectivity index (χ0v) is 12.8. The van der Waals surface area contributed by atoms with Crippen molar-refractivity contribution in [3.05, 3.63) is 22.7 Å². The van der Waals surface area contributed by atoms with Crippen molar-refractivity contribution >= 4 is 27.5 Å². The van der Waals surface area contributed by atoms with Gasteiger partial charge in [0.1, 0.15) is 5.75 Å². The molecule has 1 fully saturated rings. The third-order valence-electron chi connectivity index (χ3n) is 3.48. The minimum absolute atomic E-state index is 0.00681. The monoisotopic (exact) mass is 326 g/mol. The lowest BCUT2D eigenvalue weighted by atomic mass is 9.90. The summed E-state index contributed by atoms with van der Waals surface area (Å²) in [6, 6.07) is 5.54. The first-order valence-corrected chi connectivity index (χ1v) is 7.24. The van der Waals surface area contributed by atoms with E-state index in [2.05, 4.69) is 26.6 Å². The fourth-order valence-electron chi connectivity index (χ4n) is 2.27. The van der Waals surface area contributed by atoms with Gasteiger partial charge in [0, 0.05) is 16.2 Å². The Morgan fingerprint density at radius 1 is 1.42 bits per heavy atom. The van der Waals surface area contributed by atoms with Gasteiger partial charge in [-0.2, -0.15) is 0 Å². The Labute approximate surface area is 122 Å². The lowest BCUT2D eigenvalue weighted by molar-refractivity contribution is -0.122. The lowest BCUT2D eigenvalue weighted by Gasteiger charge is -2.33. The number of hydrogen-bond acceptors (Lipinski definition) is 3. The highest BCUT2D eigenvalue weighted by atomic mass is 79.9. The van der Waals surface area contributed by atoms with E-state index in [0.717, 1.165) is 36.0 Å². The number of amides is 1. The average molecular weight is 327 g/mol. The summed E-state index contributed by atoms with van der Waals surface area (Å²) in [5, 5.41) is 6.26. The van der Waals surface area contributed by atoms with Crippen LogP contribution in [0.4, 0.5) is 5.69 Å². The van der Waals surface area contributed by atoms with Crippen molar-refractivity contribution in [3.63, 3.8) is 0 Å². The number of halogens is 1. The number of anilines is 1. The second kappa shape index (κ2) is 5.92. The van der Waals surface area contributed by atoms with Crippen LogP contribution in [0.15, 0.2) is 22.7 Å². The topological polar surface area (TPSA) is 50.4 Å². The first-order valence-electron chi connectivity index (χ1n) is 6.44. The van der Waals surface area contributed by atoms with Gasteiger partial charge in [-0.1, -0.05) is 15.9 Å². The van der Waals surface area contributed by atoms with Gasteiger partial charge < -0.3 is 15.4 Å². The summed E-state index contributed by atoms with van der Waals surface area (Å²) in [5.41, 5.74) is 0.262. The molecule has 1 atom stereocenters. The molecular weight excluding hydrogens is 308 g/mol. The Morgan fingerprint density at radius 2 is 2.21 bits per heavy atom. The molecule has 0 aliphatic carbocycles. The molecule has 0 saturated carbocycles. The van der Waals surface area contributed by atoms with Gasteiger partial charge in [0.15, 0.2) is 0 Å². The van der Waals surface area contributed by atoms with Crippen LogP contribution in [-0.2, 0) is 4.79 Å². The minimum Gasteiger partial charge on any atom is -0.497 e. The van der Waals surface area contributed by atoms with Gasteiger partial charge in [-0.15, -0.1) is 0 Å². The predicted molar refractivity (Wildman–Crippen MR) is 79.6 cm³/mol. The molecule has 0 spiro atoms. The summed E-state index contributed by atoms with van der Waals surface area (Å²) in [6.07, 6.45) is 3.08. The molecule has 104 valence electrons. The van der Waals surface area contributed by atoms with Gasteiger partial charge in [-0.25, -0.2) is 0 Å². The Kier molecular flexibility index (Phi) is 4.47. The predicted octanol–water partition coefficient (Wildman–Crippen LogP) is 2.93. The number of hydrogen-bond donors (Lipinski definition) is 2. The van der Waals surface area contributed by atoms with Crippen molar-refractivity contribution in [3.8, 4) is 5.75 Å². The van der Waals surface area contributed by atoms with E-state index in [0.29, 0.717) is 5.75 Å². The van der Waals surface area contributed by atoms with Gasteiger partial charge >= 0.3 is 0 Å². The van der Waals surface area contributed by atoms with Gasteiger partial charge in [0.2, 0.25) is 5.91 Å². The number of carbonyl (C=O) groups is 1. The minimum atomic E-state index is -0.478. The van der Waals surface area contributed by atoms with Crippen molar-refractivity contribution < 1.29 is 9.53 Å². The van der Waals surface area contributed by atoms with Gasteiger partial charge in [-0.05, 0) is 44.9 Å². The molecule has 0 radical (unpaired) electrons. The number of benzene rings is 1. The van der Waals surface area contributed by atoms with E-state index < -0.39 is 5.54 Å². The Morgan fingerprint density at radius 3 is 2.84 bits per heavy atom. The van der Waals surface area contributed by atoms with E-state index in [1.807, 2.05) is 25.1 Å². The molecule has 1 aromatic rings. The van der Waals surface area contributed by atoms with Crippen LogP contribution in [0.3, 0.4) is 0 Å². The highest BCUT2D eigenvalue weighted by molar-refractivity contribution is 9.10. The summed E-state index contributed by atoms with van der Waals surface area (Å²) in [6.45, 7) is 2.85. The van der Waals surface area contributed by atoms with Crippen LogP contribution < -0.4 is 15.4 Å². The Hall–Kier alpha value is -1.07. The highest BCUT2D eigenvalue weighted by Gasteiger charge is 2.34. The van der Waals surface area contributed by atoms with Crippen LogP contribution in [0.25, 0.3) is 0 Å². The summed E-state index contributed by atoms with van der Waals surface area (Å²) in [4.78, 5) is 12.4. The Bertz CT molecular complexity index is 471. The number of methoxy groups -OCH3 is 1. The van der Waals surface area contributed by atoms with Crippen LogP contribution in [0.2, 0.25) is 0 Å². The average Bonchev–Trinajstić information content (AvgIpc) is 2.38. The number of piperidine rings is 1. The summed E-state index contributed by atoms with van der Waals surface area (Å²) < 4.78 is 6.07. The summed E-state index contributed by atoms with van der Waals surface area (Å²) in [5.74, 6) is 0.721. The van der Waals surface area contributed by atoms with E-state index in [1.54, 1.807) is 7.11 Å². The standard InChI is InChI=1S/C14H19BrN2O2/c1-14(5-3-4-6-16-14)13(18)17-11-7-10(15)8-12(9-11)19-2/h7-9,16H,3-6H2,1-2H3,(H,17,18). The maximum absolute atomic E-state index is 12.4. The largest absolute Gasteiger partial charge is 0.497 e.